The number of carbonyl (C=O) groups excluding carboxylic acids is 1. The molecule has 1 N–H and O–H groups in total. The first-order valence-electron chi connectivity index (χ1n) is 8.65. The maximum absolute atomic E-state index is 12.8. The van der Waals surface area contributed by atoms with Gasteiger partial charge in [-0.3, -0.25) is 4.79 Å². The van der Waals surface area contributed by atoms with Gasteiger partial charge in [0.05, 0.1) is 20.3 Å². The van der Waals surface area contributed by atoms with Crippen molar-refractivity contribution in [3.05, 3.63) is 53.1 Å². The van der Waals surface area contributed by atoms with E-state index in [9.17, 15) is 4.79 Å². The molecule has 0 saturated carbocycles. The van der Waals surface area contributed by atoms with Crippen molar-refractivity contribution in [2.75, 3.05) is 14.2 Å². The van der Waals surface area contributed by atoms with Gasteiger partial charge in [0.1, 0.15) is 11.4 Å². The van der Waals surface area contributed by atoms with Crippen LogP contribution in [0, 0.1) is 6.92 Å². The van der Waals surface area contributed by atoms with Crippen molar-refractivity contribution >= 4 is 5.91 Å². The average molecular weight is 355 g/mol. The van der Waals surface area contributed by atoms with Crippen LogP contribution in [0.15, 0.2) is 36.4 Å². The van der Waals surface area contributed by atoms with E-state index in [4.69, 9.17) is 14.2 Å². The first kappa shape index (κ1) is 18.1. The van der Waals surface area contributed by atoms with Crippen molar-refractivity contribution in [3.63, 3.8) is 0 Å². The van der Waals surface area contributed by atoms with Gasteiger partial charge in [-0.05, 0) is 50.6 Å². The summed E-state index contributed by atoms with van der Waals surface area (Å²) in [7, 11) is 3.12. The zero-order valence-corrected chi connectivity index (χ0v) is 15.9. The summed E-state index contributed by atoms with van der Waals surface area (Å²) < 4.78 is 16.6. The smallest absolute Gasteiger partial charge is 0.251 e. The second kappa shape index (κ2) is 6.90. The number of ether oxygens (including phenoxy) is 3. The van der Waals surface area contributed by atoms with Crippen LogP contribution >= 0.6 is 0 Å². The molecule has 0 aromatic heterocycles. The predicted molar refractivity (Wildman–Crippen MR) is 100 cm³/mol. The molecule has 1 atom stereocenters. The molecule has 0 unspecified atom stereocenters. The standard InChI is InChI=1S/C21H25NO4/c1-13-6-8-15-16(12-21(2,3)26-18(15)10-13)22-20(23)14-7-9-17(24-4)19(11-14)25-5/h6-11,16H,12H2,1-5H3,(H,22,23)/t16-/m0/s1. The number of methoxy groups -OCH3 is 2. The first-order chi connectivity index (χ1) is 12.3. The lowest BCUT2D eigenvalue weighted by Crippen LogP contribution is -2.41. The molecule has 5 heteroatoms. The maximum Gasteiger partial charge on any atom is 0.251 e. The van der Waals surface area contributed by atoms with Crippen LogP contribution in [-0.4, -0.2) is 25.7 Å². The number of rotatable bonds is 4. The predicted octanol–water partition coefficient (Wildman–Crippen LogP) is 4.04. The van der Waals surface area contributed by atoms with Crippen LogP contribution in [0.2, 0.25) is 0 Å². The molecule has 2 aromatic carbocycles. The van der Waals surface area contributed by atoms with Crippen molar-refractivity contribution in [3.8, 4) is 17.2 Å². The van der Waals surface area contributed by atoms with Gasteiger partial charge < -0.3 is 19.5 Å². The van der Waals surface area contributed by atoms with Crippen LogP contribution < -0.4 is 19.5 Å². The molecule has 2 aromatic rings. The fourth-order valence-corrected chi connectivity index (χ4v) is 3.31. The normalized spacial score (nSPS) is 17.7. The summed E-state index contributed by atoms with van der Waals surface area (Å²) in [5, 5.41) is 3.14. The van der Waals surface area contributed by atoms with E-state index < -0.39 is 0 Å². The molecule has 26 heavy (non-hydrogen) atoms. The molecule has 5 nitrogen and oxygen atoms in total. The van der Waals surface area contributed by atoms with Crippen LogP contribution in [-0.2, 0) is 0 Å². The number of hydrogen-bond donors (Lipinski definition) is 1. The molecule has 0 radical (unpaired) electrons. The lowest BCUT2D eigenvalue weighted by molar-refractivity contribution is 0.0619. The first-order valence-corrected chi connectivity index (χ1v) is 8.65. The van der Waals surface area contributed by atoms with E-state index in [2.05, 4.69) is 5.32 Å². The van der Waals surface area contributed by atoms with Crippen molar-refractivity contribution in [2.45, 2.75) is 38.8 Å². The van der Waals surface area contributed by atoms with E-state index in [1.807, 2.05) is 39.0 Å². The molecule has 1 heterocycles. The molecule has 0 fully saturated rings. The highest BCUT2D eigenvalue weighted by Gasteiger charge is 2.34. The third-order valence-electron chi connectivity index (χ3n) is 4.58. The third-order valence-corrected chi connectivity index (χ3v) is 4.58. The van der Waals surface area contributed by atoms with E-state index in [1.54, 1.807) is 32.4 Å². The summed E-state index contributed by atoms with van der Waals surface area (Å²) in [6.07, 6.45) is 0.697. The van der Waals surface area contributed by atoms with Crippen LogP contribution in [0.4, 0.5) is 0 Å². The Bertz CT molecular complexity index is 829. The topological polar surface area (TPSA) is 56.8 Å². The molecule has 138 valence electrons. The Kier molecular flexibility index (Phi) is 4.81. The lowest BCUT2D eigenvalue weighted by atomic mass is 9.89. The zero-order chi connectivity index (χ0) is 18.9. The van der Waals surface area contributed by atoms with Gasteiger partial charge in [-0.25, -0.2) is 0 Å². The fraction of sp³-hybridized carbons (Fsp3) is 0.381. The Hall–Kier alpha value is -2.69. The summed E-state index contributed by atoms with van der Waals surface area (Å²) >= 11 is 0. The Labute approximate surface area is 154 Å². The summed E-state index contributed by atoms with van der Waals surface area (Å²) in [6.45, 7) is 6.10. The Morgan fingerprint density at radius 1 is 1.12 bits per heavy atom. The molecule has 1 aliphatic heterocycles. The number of benzene rings is 2. The van der Waals surface area contributed by atoms with Gasteiger partial charge in [-0.1, -0.05) is 12.1 Å². The number of amides is 1. The number of carbonyl (C=O) groups is 1. The highest BCUT2D eigenvalue weighted by Crippen LogP contribution is 2.40. The minimum atomic E-state index is -0.351. The molecule has 0 bridgehead atoms. The highest BCUT2D eigenvalue weighted by molar-refractivity contribution is 5.95. The number of hydrogen-bond acceptors (Lipinski definition) is 4. The van der Waals surface area contributed by atoms with Crippen molar-refractivity contribution in [1.29, 1.82) is 0 Å². The third kappa shape index (κ3) is 3.62. The average Bonchev–Trinajstić information content (AvgIpc) is 2.59. The Balaban J connectivity index is 1.88. The summed E-state index contributed by atoms with van der Waals surface area (Å²) in [5.41, 5.74) is 2.31. The van der Waals surface area contributed by atoms with Crippen LogP contribution in [0.1, 0.15) is 47.8 Å². The Morgan fingerprint density at radius 3 is 2.54 bits per heavy atom. The zero-order valence-electron chi connectivity index (χ0n) is 15.9. The number of fused-ring (bicyclic) bond motifs is 1. The lowest BCUT2D eigenvalue weighted by Gasteiger charge is -2.38. The summed E-state index contributed by atoms with van der Waals surface area (Å²) in [5.74, 6) is 1.81. The molecule has 3 rings (SSSR count). The molecular formula is C21H25NO4. The van der Waals surface area contributed by atoms with Gasteiger partial charge >= 0.3 is 0 Å². The molecule has 0 saturated heterocycles. The van der Waals surface area contributed by atoms with Gasteiger partial charge in [-0.15, -0.1) is 0 Å². The van der Waals surface area contributed by atoms with Crippen LogP contribution in [0.3, 0.4) is 0 Å². The monoisotopic (exact) mass is 355 g/mol. The second-order valence-electron chi connectivity index (χ2n) is 7.20. The van der Waals surface area contributed by atoms with Crippen LogP contribution in [0.25, 0.3) is 0 Å². The number of nitrogens with one attached hydrogen (secondary N) is 1. The van der Waals surface area contributed by atoms with Gasteiger partial charge in [-0.2, -0.15) is 0 Å². The van der Waals surface area contributed by atoms with Crippen molar-refractivity contribution < 1.29 is 19.0 Å². The van der Waals surface area contributed by atoms with Crippen molar-refractivity contribution in [1.82, 2.24) is 5.32 Å². The largest absolute Gasteiger partial charge is 0.493 e. The van der Waals surface area contributed by atoms with Gasteiger partial charge in [0, 0.05) is 17.5 Å². The quantitative estimate of drug-likeness (QED) is 0.899. The molecule has 1 aliphatic rings. The molecule has 0 spiro atoms. The van der Waals surface area contributed by atoms with Crippen LogP contribution in [0.5, 0.6) is 17.2 Å². The van der Waals surface area contributed by atoms with E-state index >= 15 is 0 Å². The molecule has 1 amide bonds. The van der Waals surface area contributed by atoms with Gasteiger partial charge in [0.2, 0.25) is 0 Å². The van der Waals surface area contributed by atoms with E-state index in [0.29, 0.717) is 23.5 Å². The maximum atomic E-state index is 12.8. The van der Waals surface area contributed by atoms with E-state index in [-0.39, 0.29) is 17.6 Å². The minimum Gasteiger partial charge on any atom is -0.493 e. The fourth-order valence-electron chi connectivity index (χ4n) is 3.31. The van der Waals surface area contributed by atoms with Gasteiger partial charge in [0.25, 0.3) is 5.91 Å². The molecular weight excluding hydrogens is 330 g/mol. The Morgan fingerprint density at radius 2 is 1.85 bits per heavy atom. The van der Waals surface area contributed by atoms with E-state index in [1.165, 1.54) is 0 Å². The minimum absolute atomic E-state index is 0.116. The SMILES string of the molecule is COc1ccc(C(=O)N[C@H]2CC(C)(C)Oc3cc(C)ccc32)cc1OC. The van der Waals surface area contributed by atoms with Gasteiger partial charge in [0.15, 0.2) is 11.5 Å². The molecule has 0 aliphatic carbocycles. The summed E-state index contributed by atoms with van der Waals surface area (Å²) in [4.78, 5) is 12.8. The van der Waals surface area contributed by atoms with Crippen molar-refractivity contribution in [2.24, 2.45) is 0 Å². The highest BCUT2D eigenvalue weighted by atomic mass is 16.5. The second-order valence-corrected chi connectivity index (χ2v) is 7.20. The number of aryl methyl sites for hydroxylation is 1. The van der Waals surface area contributed by atoms with E-state index in [0.717, 1.165) is 16.9 Å². The summed E-state index contributed by atoms with van der Waals surface area (Å²) in [6, 6.07) is 11.1.